The number of methoxy groups -OCH3 is 2. The van der Waals surface area contributed by atoms with Gasteiger partial charge in [-0.05, 0) is 36.5 Å². The Morgan fingerprint density at radius 1 is 0.708 bits per heavy atom. The number of ether oxygens (including phenoxy) is 2. The maximum Gasteiger partial charge on any atom is 0.0830 e. The third kappa shape index (κ3) is 20.0. The Balaban J connectivity index is -0.000000283. The summed E-state index contributed by atoms with van der Waals surface area (Å²) in [5, 5.41) is 0. The van der Waals surface area contributed by atoms with Crippen molar-refractivity contribution in [1.29, 1.82) is 0 Å². The molecule has 0 heterocycles. The Kier molecular flexibility index (Phi) is 21.2. The maximum atomic E-state index is 5.22. The monoisotopic (exact) mass is 346 g/mol. The van der Waals surface area contributed by atoms with E-state index in [0.717, 1.165) is 24.7 Å². The van der Waals surface area contributed by atoms with E-state index in [9.17, 15) is 0 Å². The van der Waals surface area contributed by atoms with Gasteiger partial charge in [-0.25, -0.2) is 0 Å². The number of rotatable bonds is 8. The quantitative estimate of drug-likeness (QED) is 0.457. The van der Waals surface area contributed by atoms with Crippen molar-refractivity contribution in [2.45, 2.75) is 114 Å². The van der Waals surface area contributed by atoms with Crippen molar-refractivity contribution in [3.05, 3.63) is 0 Å². The van der Waals surface area contributed by atoms with Crippen molar-refractivity contribution in [3.8, 4) is 0 Å². The van der Waals surface area contributed by atoms with Crippen LogP contribution in [0.1, 0.15) is 101 Å². The Morgan fingerprint density at radius 2 is 1.08 bits per heavy atom. The summed E-state index contributed by atoms with van der Waals surface area (Å²) in [6.45, 7) is 22.3. The summed E-state index contributed by atoms with van der Waals surface area (Å²) in [6.07, 6.45) is 6.52. The van der Waals surface area contributed by atoms with Crippen LogP contribution in [0.15, 0.2) is 0 Å². The Bertz CT molecular complexity index is 213. The van der Waals surface area contributed by atoms with Gasteiger partial charge >= 0.3 is 0 Å². The minimum atomic E-state index is 0.259. The lowest BCUT2D eigenvalue weighted by atomic mass is 9.91. The van der Waals surface area contributed by atoms with E-state index in [-0.39, 0.29) is 12.2 Å². The van der Waals surface area contributed by atoms with Crippen LogP contribution in [0.2, 0.25) is 0 Å². The number of hydrogen-bond acceptors (Lipinski definition) is 2. The lowest BCUT2D eigenvalue weighted by Crippen LogP contribution is -2.28. The van der Waals surface area contributed by atoms with E-state index < -0.39 is 0 Å². The molecule has 0 aromatic carbocycles. The molecule has 0 bridgehead atoms. The SMILES string of the molecule is CCC(C)C(C)C.CCC(OC)C(CC)OC.CCCC(C)(C)C. The van der Waals surface area contributed by atoms with Crippen LogP contribution in [0.3, 0.4) is 0 Å². The first-order valence-corrected chi connectivity index (χ1v) is 10.1. The summed E-state index contributed by atoms with van der Waals surface area (Å²) in [7, 11) is 3.46. The molecule has 0 radical (unpaired) electrons. The first kappa shape index (κ1) is 28.7. The highest BCUT2D eigenvalue weighted by Gasteiger charge is 2.15. The second-order valence-electron chi connectivity index (χ2n) is 8.31. The molecule has 0 saturated carbocycles. The number of hydrogen-bond donors (Lipinski definition) is 0. The average Bonchev–Trinajstić information content (AvgIpc) is 2.51. The van der Waals surface area contributed by atoms with Gasteiger partial charge in [-0.3, -0.25) is 0 Å². The predicted octanol–water partition coefficient (Wildman–Crippen LogP) is 7.36. The van der Waals surface area contributed by atoms with Crippen molar-refractivity contribution in [2.24, 2.45) is 17.3 Å². The second kappa shape index (κ2) is 17.7. The van der Waals surface area contributed by atoms with Crippen molar-refractivity contribution < 1.29 is 9.47 Å². The Hall–Kier alpha value is -0.0800. The van der Waals surface area contributed by atoms with E-state index in [1.165, 1.54) is 19.3 Å². The van der Waals surface area contributed by atoms with Gasteiger partial charge in [-0.2, -0.15) is 0 Å². The Morgan fingerprint density at radius 3 is 1.12 bits per heavy atom. The minimum Gasteiger partial charge on any atom is -0.379 e. The molecule has 0 rings (SSSR count). The van der Waals surface area contributed by atoms with Crippen LogP contribution < -0.4 is 0 Å². The normalized spacial score (nSPS) is 14.9. The van der Waals surface area contributed by atoms with Gasteiger partial charge < -0.3 is 9.47 Å². The highest BCUT2D eigenvalue weighted by atomic mass is 16.5. The zero-order valence-electron chi connectivity index (χ0n) is 19.2. The topological polar surface area (TPSA) is 18.5 Å². The van der Waals surface area contributed by atoms with E-state index >= 15 is 0 Å². The standard InChI is InChI=1S/C8H18O2.2C7H16/c1-5-7(9-3)8(6-2)10-4;1-5-6-7(2,3)4;1-5-7(4)6(2)3/h7-8H,5-6H2,1-4H3;5-6H2,1-4H3;6-7H,5H2,1-4H3. The van der Waals surface area contributed by atoms with Gasteiger partial charge in [0.15, 0.2) is 0 Å². The van der Waals surface area contributed by atoms with Crippen molar-refractivity contribution in [1.82, 2.24) is 0 Å². The van der Waals surface area contributed by atoms with Crippen LogP contribution in [0, 0.1) is 17.3 Å². The van der Waals surface area contributed by atoms with E-state index in [4.69, 9.17) is 9.47 Å². The molecule has 0 N–H and O–H groups in total. The molecule has 0 aliphatic rings. The molecule has 150 valence electrons. The molecule has 0 aliphatic heterocycles. The van der Waals surface area contributed by atoms with Gasteiger partial charge in [0.05, 0.1) is 12.2 Å². The second-order valence-corrected chi connectivity index (χ2v) is 8.31. The predicted molar refractivity (Wildman–Crippen MR) is 111 cm³/mol. The lowest BCUT2D eigenvalue weighted by Gasteiger charge is -2.21. The highest BCUT2D eigenvalue weighted by Crippen LogP contribution is 2.19. The molecule has 24 heavy (non-hydrogen) atoms. The van der Waals surface area contributed by atoms with Gasteiger partial charge in [0.1, 0.15) is 0 Å². The van der Waals surface area contributed by atoms with Gasteiger partial charge in [0.25, 0.3) is 0 Å². The highest BCUT2D eigenvalue weighted by molar-refractivity contribution is 4.66. The molecule has 0 fully saturated rings. The molecule has 0 aromatic heterocycles. The fourth-order valence-electron chi connectivity index (χ4n) is 2.38. The van der Waals surface area contributed by atoms with Crippen LogP contribution in [-0.2, 0) is 9.47 Å². The van der Waals surface area contributed by atoms with E-state index in [2.05, 4.69) is 69.2 Å². The summed E-state index contributed by atoms with van der Waals surface area (Å²) in [6, 6.07) is 0. The van der Waals surface area contributed by atoms with Gasteiger partial charge in [-0.15, -0.1) is 0 Å². The molecule has 3 atom stereocenters. The van der Waals surface area contributed by atoms with E-state index in [0.29, 0.717) is 5.41 Å². The molecular formula is C22H50O2. The van der Waals surface area contributed by atoms with Crippen LogP contribution >= 0.6 is 0 Å². The minimum absolute atomic E-state index is 0.259. The summed E-state index contributed by atoms with van der Waals surface area (Å²) >= 11 is 0. The smallest absolute Gasteiger partial charge is 0.0830 e. The Labute approximate surface area is 155 Å². The van der Waals surface area contributed by atoms with Gasteiger partial charge in [-0.1, -0.05) is 82.1 Å². The van der Waals surface area contributed by atoms with Crippen molar-refractivity contribution in [3.63, 3.8) is 0 Å². The zero-order valence-corrected chi connectivity index (χ0v) is 19.2. The van der Waals surface area contributed by atoms with Gasteiger partial charge in [0, 0.05) is 14.2 Å². The molecule has 0 spiro atoms. The fraction of sp³-hybridized carbons (Fsp3) is 1.00. The average molecular weight is 347 g/mol. The molecular weight excluding hydrogens is 296 g/mol. The summed E-state index contributed by atoms with van der Waals surface area (Å²) < 4.78 is 10.4. The molecule has 0 saturated heterocycles. The third-order valence-electron chi connectivity index (χ3n) is 4.61. The third-order valence-corrected chi connectivity index (χ3v) is 4.61. The van der Waals surface area contributed by atoms with Crippen molar-refractivity contribution >= 4 is 0 Å². The lowest BCUT2D eigenvalue weighted by molar-refractivity contribution is -0.0385. The largest absolute Gasteiger partial charge is 0.379 e. The van der Waals surface area contributed by atoms with Gasteiger partial charge in [0.2, 0.25) is 0 Å². The van der Waals surface area contributed by atoms with Crippen LogP contribution in [0.5, 0.6) is 0 Å². The summed E-state index contributed by atoms with van der Waals surface area (Å²) in [5.41, 5.74) is 0.550. The van der Waals surface area contributed by atoms with Crippen LogP contribution in [-0.4, -0.2) is 26.4 Å². The fourth-order valence-corrected chi connectivity index (χ4v) is 2.38. The van der Waals surface area contributed by atoms with E-state index in [1.807, 2.05) is 0 Å². The van der Waals surface area contributed by atoms with Crippen molar-refractivity contribution in [2.75, 3.05) is 14.2 Å². The molecule has 2 nitrogen and oxygen atoms in total. The van der Waals surface area contributed by atoms with Crippen LogP contribution in [0.25, 0.3) is 0 Å². The first-order valence-electron chi connectivity index (χ1n) is 10.1. The summed E-state index contributed by atoms with van der Waals surface area (Å²) in [5.74, 6) is 1.77. The van der Waals surface area contributed by atoms with E-state index in [1.54, 1.807) is 14.2 Å². The molecule has 2 heteroatoms. The van der Waals surface area contributed by atoms with Crippen LogP contribution in [0.4, 0.5) is 0 Å². The summed E-state index contributed by atoms with van der Waals surface area (Å²) in [4.78, 5) is 0. The molecule has 0 aliphatic carbocycles. The molecule has 3 unspecified atom stereocenters. The zero-order chi connectivity index (χ0) is 19.8. The molecule has 0 aromatic rings. The molecule has 0 amide bonds. The maximum absolute atomic E-state index is 5.22. The first-order chi connectivity index (χ1) is 11.0.